The minimum absolute atomic E-state index is 0.218. The lowest BCUT2D eigenvalue weighted by Crippen LogP contribution is -2.18. The smallest absolute Gasteiger partial charge is 0.360 e. The second-order valence-corrected chi connectivity index (χ2v) is 3.33. The molecule has 1 heterocycles. The van der Waals surface area contributed by atoms with Gasteiger partial charge in [0.05, 0.1) is 10.9 Å². The van der Waals surface area contributed by atoms with Crippen LogP contribution in [-0.4, -0.2) is 21.3 Å². The maximum absolute atomic E-state index is 11.6. The van der Waals surface area contributed by atoms with Gasteiger partial charge in [0, 0.05) is 5.02 Å². The number of rotatable bonds is 1. The molecular formula is C9H5ClN2O3. The first-order valence-electron chi connectivity index (χ1n) is 4.01. The minimum atomic E-state index is -1.36. The minimum Gasteiger partial charge on any atom is -0.476 e. The second kappa shape index (κ2) is 3.36. The summed E-state index contributed by atoms with van der Waals surface area (Å²) in [6, 6.07) is 4.56. The molecule has 0 spiro atoms. The van der Waals surface area contributed by atoms with Crippen molar-refractivity contribution >= 4 is 28.5 Å². The van der Waals surface area contributed by atoms with Crippen LogP contribution >= 0.6 is 11.6 Å². The van der Waals surface area contributed by atoms with Crippen LogP contribution in [-0.2, 0) is 0 Å². The Morgan fingerprint density at radius 3 is 2.87 bits per heavy atom. The van der Waals surface area contributed by atoms with E-state index >= 15 is 0 Å². The highest BCUT2D eigenvalue weighted by Gasteiger charge is 2.13. The molecule has 0 aliphatic heterocycles. The van der Waals surface area contributed by atoms with Crippen molar-refractivity contribution < 1.29 is 9.90 Å². The summed E-state index contributed by atoms with van der Waals surface area (Å²) in [6.07, 6.45) is 0. The molecule has 2 aromatic rings. The highest BCUT2D eigenvalue weighted by molar-refractivity contribution is 6.31. The van der Waals surface area contributed by atoms with E-state index in [0.717, 1.165) is 0 Å². The van der Waals surface area contributed by atoms with Crippen LogP contribution in [0.25, 0.3) is 10.9 Å². The van der Waals surface area contributed by atoms with Crippen LogP contribution in [0.2, 0.25) is 5.02 Å². The second-order valence-electron chi connectivity index (χ2n) is 2.90. The van der Waals surface area contributed by atoms with Crippen molar-refractivity contribution in [3.05, 3.63) is 39.1 Å². The number of nitrogens with zero attached hydrogens (tertiary/aromatic N) is 1. The number of aromatic carboxylic acids is 1. The molecule has 0 unspecified atom stereocenters. The predicted molar refractivity (Wildman–Crippen MR) is 54.3 cm³/mol. The summed E-state index contributed by atoms with van der Waals surface area (Å²) in [5, 5.41) is 15.2. The van der Waals surface area contributed by atoms with Crippen LogP contribution in [0, 0.1) is 0 Å². The molecule has 0 saturated carbocycles. The summed E-state index contributed by atoms with van der Waals surface area (Å²) in [5.41, 5.74) is -0.724. The largest absolute Gasteiger partial charge is 0.476 e. The maximum Gasteiger partial charge on any atom is 0.360 e. The van der Waals surface area contributed by atoms with Gasteiger partial charge in [-0.25, -0.2) is 4.79 Å². The van der Waals surface area contributed by atoms with Crippen molar-refractivity contribution in [1.29, 1.82) is 0 Å². The van der Waals surface area contributed by atoms with Gasteiger partial charge in [-0.05, 0) is 18.2 Å². The van der Waals surface area contributed by atoms with Gasteiger partial charge >= 0.3 is 5.97 Å². The number of H-pyrrole nitrogens is 1. The zero-order chi connectivity index (χ0) is 11.0. The molecule has 0 bridgehead atoms. The highest BCUT2D eigenvalue weighted by atomic mass is 35.5. The SMILES string of the molecule is O=C(O)c1n[nH]c2ccc(Cl)cc2c1=O. The lowest BCUT2D eigenvalue weighted by molar-refractivity contribution is 0.0688. The third kappa shape index (κ3) is 1.57. The number of carboxylic acids is 1. The molecule has 0 saturated heterocycles. The fraction of sp³-hybridized carbons (Fsp3) is 0. The Balaban J connectivity index is 2.89. The summed E-state index contributed by atoms with van der Waals surface area (Å²) in [7, 11) is 0. The number of nitrogens with one attached hydrogen (secondary N) is 1. The number of aromatic amines is 1. The molecule has 1 aromatic heterocycles. The Morgan fingerprint density at radius 2 is 2.20 bits per heavy atom. The van der Waals surface area contributed by atoms with E-state index in [1.165, 1.54) is 6.07 Å². The zero-order valence-corrected chi connectivity index (χ0v) is 8.08. The number of fused-ring (bicyclic) bond motifs is 1. The fourth-order valence-electron chi connectivity index (χ4n) is 1.24. The highest BCUT2D eigenvalue weighted by Crippen LogP contribution is 2.14. The molecule has 1 aromatic carbocycles. The lowest BCUT2D eigenvalue weighted by atomic mass is 10.2. The van der Waals surface area contributed by atoms with E-state index in [1.807, 2.05) is 0 Å². The average molecular weight is 225 g/mol. The molecule has 2 N–H and O–H groups in total. The number of hydrogen-bond acceptors (Lipinski definition) is 3. The molecule has 2 rings (SSSR count). The predicted octanol–water partition coefficient (Wildman–Crippen LogP) is 1.27. The molecule has 76 valence electrons. The summed E-state index contributed by atoms with van der Waals surface area (Å²) < 4.78 is 0. The Hall–Kier alpha value is -1.88. The lowest BCUT2D eigenvalue weighted by Gasteiger charge is -1.98. The van der Waals surface area contributed by atoms with Gasteiger partial charge in [0.25, 0.3) is 0 Å². The standard InChI is InChI=1S/C9H5ClN2O3/c10-4-1-2-6-5(3-4)8(13)7(9(14)15)12-11-6/h1-3H,(H,11,13)(H,14,15). The fourth-order valence-corrected chi connectivity index (χ4v) is 1.41. The molecule has 0 atom stereocenters. The third-order valence-corrected chi connectivity index (χ3v) is 2.17. The summed E-state index contributed by atoms with van der Waals surface area (Å²) in [4.78, 5) is 22.2. The van der Waals surface area contributed by atoms with Gasteiger partial charge in [-0.2, -0.15) is 5.10 Å². The van der Waals surface area contributed by atoms with Crippen molar-refractivity contribution in [3.8, 4) is 0 Å². The molecule has 0 radical (unpaired) electrons. The summed E-state index contributed by atoms with van der Waals surface area (Å²) >= 11 is 5.70. The van der Waals surface area contributed by atoms with Crippen molar-refractivity contribution in [2.45, 2.75) is 0 Å². The van der Waals surface area contributed by atoms with Gasteiger partial charge in [0.15, 0.2) is 0 Å². The first-order valence-corrected chi connectivity index (χ1v) is 4.38. The van der Waals surface area contributed by atoms with Crippen molar-refractivity contribution in [2.75, 3.05) is 0 Å². The normalized spacial score (nSPS) is 10.5. The van der Waals surface area contributed by atoms with Crippen LogP contribution < -0.4 is 5.43 Å². The number of halogens is 1. The van der Waals surface area contributed by atoms with Crippen LogP contribution in [0.15, 0.2) is 23.0 Å². The molecular weight excluding hydrogens is 220 g/mol. The molecule has 0 aliphatic carbocycles. The monoisotopic (exact) mass is 224 g/mol. The van der Waals surface area contributed by atoms with Crippen LogP contribution in [0.5, 0.6) is 0 Å². The molecule has 0 amide bonds. The quantitative estimate of drug-likeness (QED) is 0.764. The Kier molecular flexibility index (Phi) is 2.17. The van der Waals surface area contributed by atoms with Gasteiger partial charge in [0.2, 0.25) is 11.1 Å². The molecule has 0 fully saturated rings. The van der Waals surface area contributed by atoms with Gasteiger partial charge < -0.3 is 5.11 Å². The van der Waals surface area contributed by atoms with Crippen LogP contribution in [0.1, 0.15) is 10.5 Å². The molecule has 6 heteroatoms. The van der Waals surface area contributed by atoms with E-state index in [1.54, 1.807) is 12.1 Å². The number of hydrogen-bond donors (Lipinski definition) is 2. The van der Waals surface area contributed by atoms with E-state index in [9.17, 15) is 9.59 Å². The van der Waals surface area contributed by atoms with E-state index < -0.39 is 17.1 Å². The van der Waals surface area contributed by atoms with Crippen molar-refractivity contribution in [2.24, 2.45) is 0 Å². The number of aromatic nitrogens is 2. The Morgan fingerprint density at radius 1 is 1.47 bits per heavy atom. The zero-order valence-electron chi connectivity index (χ0n) is 7.32. The third-order valence-electron chi connectivity index (χ3n) is 1.93. The Labute approximate surface area is 88.3 Å². The van der Waals surface area contributed by atoms with Gasteiger partial charge in [0.1, 0.15) is 0 Å². The van der Waals surface area contributed by atoms with Crippen LogP contribution in [0.4, 0.5) is 0 Å². The Bertz CT molecular complexity index is 606. The van der Waals surface area contributed by atoms with E-state index in [4.69, 9.17) is 16.7 Å². The molecule has 15 heavy (non-hydrogen) atoms. The van der Waals surface area contributed by atoms with Gasteiger partial charge in [-0.15, -0.1) is 0 Å². The van der Waals surface area contributed by atoms with E-state index in [2.05, 4.69) is 10.2 Å². The van der Waals surface area contributed by atoms with Crippen molar-refractivity contribution in [3.63, 3.8) is 0 Å². The number of benzene rings is 1. The summed E-state index contributed by atoms with van der Waals surface area (Å²) in [5.74, 6) is -1.36. The molecule has 0 aliphatic rings. The van der Waals surface area contributed by atoms with E-state index in [0.29, 0.717) is 10.5 Å². The van der Waals surface area contributed by atoms with Gasteiger partial charge in [-0.3, -0.25) is 9.89 Å². The molecule has 5 nitrogen and oxygen atoms in total. The topological polar surface area (TPSA) is 83.0 Å². The van der Waals surface area contributed by atoms with Crippen molar-refractivity contribution in [1.82, 2.24) is 10.2 Å². The number of carbonyl (C=O) groups is 1. The number of carboxylic acid groups (broad SMARTS) is 1. The van der Waals surface area contributed by atoms with Gasteiger partial charge in [-0.1, -0.05) is 11.6 Å². The average Bonchev–Trinajstić information content (AvgIpc) is 2.19. The maximum atomic E-state index is 11.6. The first kappa shape index (κ1) is 9.67. The van der Waals surface area contributed by atoms with Crippen LogP contribution in [0.3, 0.4) is 0 Å². The summed E-state index contributed by atoms with van der Waals surface area (Å²) in [6.45, 7) is 0. The first-order chi connectivity index (χ1) is 7.09. The van der Waals surface area contributed by atoms with E-state index in [-0.39, 0.29) is 5.39 Å².